The maximum absolute atomic E-state index is 13.4. The smallest absolute Gasteiger partial charge is 0.167 e. The summed E-state index contributed by atoms with van der Waals surface area (Å²) in [6.45, 7) is 6.72. The largest absolute Gasteiger partial charge is 0.494 e. The van der Waals surface area contributed by atoms with Crippen LogP contribution in [0.4, 0.5) is 0 Å². The first-order valence-corrected chi connectivity index (χ1v) is 13.1. The number of carbonyl (C=O) groups is 2. The molecule has 36 heavy (non-hydrogen) atoms. The Balaban J connectivity index is 2.13. The van der Waals surface area contributed by atoms with Crippen molar-refractivity contribution in [2.24, 2.45) is 11.8 Å². The summed E-state index contributed by atoms with van der Waals surface area (Å²) in [5.74, 6) is 1.40. The first-order chi connectivity index (χ1) is 17.2. The molecule has 0 aliphatic heterocycles. The number of ether oxygens (including phenoxy) is 2. The van der Waals surface area contributed by atoms with E-state index < -0.39 is 0 Å². The minimum Gasteiger partial charge on any atom is -0.494 e. The zero-order valence-corrected chi connectivity index (χ0v) is 23.0. The number of carbonyl (C=O) groups excluding carboxylic acids is 2. The molecule has 2 aromatic carbocycles. The highest BCUT2D eigenvalue weighted by molar-refractivity contribution is 5.99. The molecule has 0 aliphatic carbocycles. The van der Waals surface area contributed by atoms with Crippen LogP contribution < -0.4 is 9.47 Å². The van der Waals surface area contributed by atoms with Gasteiger partial charge in [-0.25, -0.2) is 0 Å². The van der Waals surface area contributed by atoms with Crippen molar-refractivity contribution in [3.05, 3.63) is 59.7 Å². The second kappa shape index (κ2) is 15.4. The van der Waals surface area contributed by atoms with Crippen molar-refractivity contribution in [2.75, 3.05) is 54.5 Å². The highest BCUT2D eigenvalue weighted by Crippen LogP contribution is 2.24. The summed E-state index contributed by atoms with van der Waals surface area (Å²) in [5, 5.41) is 0. The highest BCUT2D eigenvalue weighted by atomic mass is 16.5. The number of hydrogen-bond donors (Lipinski definition) is 0. The number of benzene rings is 2. The summed E-state index contributed by atoms with van der Waals surface area (Å²) in [6, 6.07) is 14.8. The second-order valence-electron chi connectivity index (χ2n) is 9.97. The standard InChI is InChI=1S/C30H44N2O4/c1-7-19-35-27-15-11-23(12-16-27)29(33)25(21-31(3)4)9-10-26(22-32(5)6)30(34)24-13-17-28(18-14-24)36-20-8-2/h11-18,25-26H,7-10,19-22H2,1-6H3/t25-,26+. The van der Waals surface area contributed by atoms with Crippen LogP contribution in [0.1, 0.15) is 60.2 Å². The van der Waals surface area contributed by atoms with Gasteiger partial charge in [-0.2, -0.15) is 0 Å². The van der Waals surface area contributed by atoms with Crippen molar-refractivity contribution in [3.63, 3.8) is 0 Å². The molecule has 2 atom stereocenters. The molecule has 0 aliphatic rings. The van der Waals surface area contributed by atoms with Crippen molar-refractivity contribution >= 4 is 11.6 Å². The summed E-state index contributed by atoms with van der Waals surface area (Å²) < 4.78 is 11.3. The number of ketones is 2. The van der Waals surface area contributed by atoms with E-state index in [0.717, 1.165) is 24.3 Å². The molecular formula is C30H44N2O4. The van der Waals surface area contributed by atoms with E-state index in [9.17, 15) is 9.59 Å². The minimum atomic E-state index is -0.190. The minimum absolute atomic E-state index is 0.110. The molecule has 0 saturated heterocycles. The fraction of sp³-hybridized carbons (Fsp3) is 0.533. The molecule has 0 N–H and O–H groups in total. The van der Waals surface area contributed by atoms with Crippen LogP contribution in [0.3, 0.4) is 0 Å². The number of hydrogen-bond acceptors (Lipinski definition) is 6. The summed E-state index contributed by atoms with van der Waals surface area (Å²) in [4.78, 5) is 30.9. The van der Waals surface area contributed by atoms with Gasteiger partial charge < -0.3 is 19.3 Å². The molecule has 2 rings (SSSR count). The number of rotatable bonds is 17. The van der Waals surface area contributed by atoms with Gasteiger partial charge in [-0.3, -0.25) is 9.59 Å². The number of nitrogens with zero attached hydrogens (tertiary/aromatic N) is 2. The van der Waals surface area contributed by atoms with E-state index >= 15 is 0 Å². The summed E-state index contributed by atoms with van der Waals surface area (Å²) in [5.41, 5.74) is 1.37. The van der Waals surface area contributed by atoms with E-state index in [-0.39, 0.29) is 23.4 Å². The van der Waals surface area contributed by atoms with Crippen LogP contribution in [0.15, 0.2) is 48.5 Å². The lowest BCUT2D eigenvalue weighted by Gasteiger charge is -2.24. The normalized spacial score (nSPS) is 13.0. The molecule has 0 unspecified atom stereocenters. The van der Waals surface area contributed by atoms with Crippen molar-refractivity contribution in [1.82, 2.24) is 9.80 Å². The first kappa shape index (κ1) is 29.5. The van der Waals surface area contributed by atoms with Gasteiger partial charge in [0.25, 0.3) is 0 Å². The summed E-state index contributed by atoms with van der Waals surface area (Å²) >= 11 is 0. The zero-order chi connectivity index (χ0) is 26.5. The maximum atomic E-state index is 13.4. The Morgan fingerprint density at radius 3 is 1.25 bits per heavy atom. The monoisotopic (exact) mass is 496 g/mol. The van der Waals surface area contributed by atoms with Crippen LogP contribution in [0.2, 0.25) is 0 Å². The van der Waals surface area contributed by atoms with Gasteiger partial charge in [0.2, 0.25) is 0 Å². The lowest BCUT2D eigenvalue weighted by molar-refractivity contribution is 0.0834. The van der Waals surface area contributed by atoms with Crippen LogP contribution in [0.5, 0.6) is 11.5 Å². The average molecular weight is 497 g/mol. The summed E-state index contributed by atoms with van der Waals surface area (Å²) in [7, 11) is 7.92. The van der Waals surface area contributed by atoms with Crippen molar-refractivity contribution < 1.29 is 19.1 Å². The van der Waals surface area contributed by atoms with Crippen molar-refractivity contribution in [1.29, 1.82) is 0 Å². The van der Waals surface area contributed by atoms with Crippen molar-refractivity contribution in [3.8, 4) is 11.5 Å². The van der Waals surface area contributed by atoms with Crippen LogP contribution in [-0.4, -0.2) is 75.9 Å². The Labute approximate surface area is 217 Å². The molecule has 0 bridgehead atoms. The van der Waals surface area contributed by atoms with Gasteiger partial charge in [-0.1, -0.05) is 13.8 Å². The first-order valence-electron chi connectivity index (χ1n) is 13.1. The molecule has 2 aromatic rings. The molecule has 198 valence electrons. The van der Waals surface area contributed by atoms with E-state index in [2.05, 4.69) is 13.8 Å². The molecule has 6 heteroatoms. The molecule has 0 radical (unpaired) electrons. The molecule has 0 amide bonds. The Morgan fingerprint density at radius 1 is 0.639 bits per heavy atom. The fourth-order valence-electron chi connectivity index (χ4n) is 4.24. The van der Waals surface area contributed by atoms with E-state index in [0.29, 0.717) is 50.3 Å². The third kappa shape index (κ3) is 9.75. The SMILES string of the molecule is CCCOc1ccc(C(=O)[C@H](CC[C@@H](CN(C)C)C(=O)c2ccc(OCCC)cc2)CN(C)C)cc1. The van der Waals surface area contributed by atoms with Gasteiger partial charge in [0.05, 0.1) is 13.2 Å². The predicted molar refractivity (Wildman–Crippen MR) is 146 cm³/mol. The van der Waals surface area contributed by atoms with Gasteiger partial charge in [0.1, 0.15) is 11.5 Å². The topological polar surface area (TPSA) is 59.1 Å². The van der Waals surface area contributed by atoms with Gasteiger partial charge in [-0.05, 0) is 102 Å². The van der Waals surface area contributed by atoms with Gasteiger partial charge in [0, 0.05) is 36.1 Å². The third-order valence-corrected chi connectivity index (χ3v) is 6.00. The van der Waals surface area contributed by atoms with Gasteiger partial charge in [0.15, 0.2) is 11.6 Å². The van der Waals surface area contributed by atoms with E-state index in [4.69, 9.17) is 9.47 Å². The third-order valence-electron chi connectivity index (χ3n) is 6.00. The van der Waals surface area contributed by atoms with E-state index in [1.165, 1.54) is 0 Å². The molecule has 0 aromatic heterocycles. The van der Waals surface area contributed by atoms with Gasteiger partial charge in [-0.15, -0.1) is 0 Å². The predicted octanol–water partition coefficient (Wildman–Crippen LogP) is 5.47. The average Bonchev–Trinajstić information content (AvgIpc) is 2.87. The molecular weight excluding hydrogens is 452 g/mol. The number of Topliss-reactive ketones (excluding diaryl/α,β-unsaturated/α-hetero) is 2. The molecule has 0 heterocycles. The molecule has 0 fully saturated rings. The molecule has 0 saturated carbocycles. The van der Waals surface area contributed by atoms with Crippen LogP contribution in [0.25, 0.3) is 0 Å². The van der Waals surface area contributed by atoms with Crippen LogP contribution >= 0.6 is 0 Å². The quantitative estimate of drug-likeness (QED) is 0.271. The summed E-state index contributed by atoms with van der Waals surface area (Å²) in [6.07, 6.45) is 3.17. The molecule has 6 nitrogen and oxygen atoms in total. The lowest BCUT2D eigenvalue weighted by Crippen LogP contribution is -2.32. The fourth-order valence-corrected chi connectivity index (χ4v) is 4.24. The lowest BCUT2D eigenvalue weighted by atomic mass is 9.86. The van der Waals surface area contributed by atoms with E-state index in [1.807, 2.05) is 86.5 Å². The Bertz CT molecular complexity index is 845. The highest BCUT2D eigenvalue weighted by Gasteiger charge is 2.26. The second-order valence-corrected chi connectivity index (χ2v) is 9.97. The Hall–Kier alpha value is -2.70. The maximum Gasteiger partial charge on any atom is 0.167 e. The van der Waals surface area contributed by atoms with E-state index in [1.54, 1.807) is 0 Å². The Kier molecular flexibility index (Phi) is 12.6. The van der Waals surface area contributed by atoms with Crippen molar-refractivity contribution in [2.45, 2.75) is 39.5 Å². The zero-order valence-electron chi connectivity index (χ0n) is 23.0. The van der Waals surface area contributed by atoms with Gasteiger partial charge >= 0.3 is 0 Å². The van der Waals surface area contributed by atoms with Crippen LogP contribution in [0, 0.1) is 11.8 Å². The Morgan fingerprint density at radius 2 is 0.972 bits per heavy atom. The molecule has 0 spiro atoms. The van der Waals surface area contributed by atoms with Crippen LogP contribution in [-0.2, 0) is 0 Å².